The maximum Gasteiger partial charge on any atom is 0.410 e. The highest BCUT2D eigenvalue weighted by atomic mass is 16.6. The Labute approximate surface area is 132 Å². The predicted molar refractivity (Wildman–Crippen MR) is 84.8 cm³/mol. The molecule has 6 heteroatoms. The van der Waals surface area contributed by atoms with Crippen molar-refractivity contribution in [1.29, 1.82) is 0 Å². The Morgan fingerprint density at radius 2 is 2.05 bits per heavy atom. The standard InChI is InChI=1S/C16H28N2O4/c1-13-6-7-14(21-13)12-17-8-9-18(10-11-20-5)15(19)22-16(2,3)4/h6-7,17H,8-12H2,1-5H3. The van der Waals surface area contributed by atoms with Crippen LogP contribution in [0.3, 0.4) is 0 Å². The van der Waals surface area contributed by atoms with Gasteiger partial charge in [0.05, 0.1) is 13.2 Å². The summed E-state index contributed by atoms with van der Waals surface area (Å²) in [5, 5.41) is 3.26. The summed E-state index contributed by atoms with van der Waals surface area (Å²) < 4.78 is 15.9. The first-order valence-corrected chi connectivity index (χ1v) is 7.54. The van der Waals surface area contributed by atoms with Crippen LogP contribution in [0.2, 0.25) is 0 Å². The van der Waals surface area contributed by atoms with Crippen molar-refractivity contribution in [3.8, 4) is 0 Å². The molecule has 0 radical (unpaired) electrons. The molecule has 1 aromatic heterocycles. The number of rotatable bonds is 8. The van der Waals surface area contributed by atoms with Crippen molar-refractivity contribution in [3.63, 3.8) is 0 Å². The van der Waals surface area contributed by atoms with E-state index in [1.54, 1.807) is 12.0 Å². The number of ether oxygens (including phenoxy) is 2. The lowest BCUT2D eigenvalue weighted by atomic mass is 10.2. The molecular formula is C16H28N2O4. The van der Waals surface area contributed by atoms with Crippen LogP contribution < -0.4 is 5.32 Å². The van der Waals surface area contributed by atoms with Crippen molar-refractivity contribution < 1.29 is 18.7 Å². The highest BCUT2D eigenvalue weighted by molar-refractivity contribution is 5.68. The summed E-state index contributed by atoms with van der Waals surface area (Å²) in [4.78, 5) is 13.8. The Kier molecular flexibility index (Phi) is 7.41. The van der Waals surface area contributed by atoms with Crippen molar-refractivity contribution in [3.05, 3.63) is 23.7 Å². The Morgan fingerprint density at radius 3 is 2.59 bits per heavy atom. The Balaban J connectivity index is 2.38. The second-order valence-corrected chi connectivity index (χ2v) is 6.15. The van der Waals surface area contributed by atoms with Gasteiger partial charge in [-0.3, -0.25) is 0 Å². The SMILES string of the molecule is COCCN(CCNCc1ccc(C)o1)C(=O)OC(C)(C)C. The number of nitrogens with zero attached hydrogens (tertiary/aromatic N) is 1. The molecule has 0 aromatic carbocycles. The van der Waals surface area contributed by atoms with Gasteiger partial charge in [-0.15, -0.1) is 0 Å². The Bertz CT molecular complexity index is 451. The second-order valence-electron chi connectivity index (χ2n) is 6.15. The van der Waals surface area contributed by atoms with E-state index in [4.69, 9.17) is 13.9 Å². The van der Waals surface area contributed by atoms with Crippen LogP contribution in [0.25, 0.3) is 0 Å². The Morgan fingerprint density at radius 1 is 1.32 bits per heavy atom. The number of hydrogen-bond acceptors (Lipinski definition) is 5. The van der Waals surface area contributed by atoms with Crippen molar-refractivity contribution in [2.75, 3.05) is 33.4 Å². The topological polar surface area (TPSA) is 63.9 Å². The van der Waals surface area contributed by atoms with Gasteiger partial charge in [0.2, 0.25) is 0 Å². The van der Waals surface area contributed by atoms with E-state index >= 15 is 0 Å². The number of furan rings is 1. The van der Waals surface area contributed by atoms with Gasteiger partial charge in [0.1, 0.15) is 17.1 Å². The minimum absolute atomic E-state index is 0.319. The van der Waals surface area contributed by atoms with Gasteiger partial charge >= 0.3 is 6.09 Å². The van der Waals surface area contributed by atoms with E-state index in [-0.39, 0.29) is 6.09 Å². The molecule has 126 valence electrons. The summed E-state index contributed by atoms with van der Waals surface area (Å²) in [5.74, 6) is 1.78. The van der Waals surface area contributed by atoms with Gasteiger partial charge in [0.25, 0.3) is 0 Å². The van der Waals surface area contributed by atoms with Gasteiger partial charge in [-0.1, -0.05) is 0 Å². The van der Waals surface area contributed by atoms with Gasteiger partial charge in [-0.2, -0.15) is 0 Å². The Hall–Kier alpha value is -1.53. The molecule has 0 aliphatic heterocycles. The summed E-state index contributed by atoms with van der Waals surface area (Å²) in [6.45, 7) is 10.3. The highest BCUT2D eigenvalue weighted by Crippen LogP contribution is 2.10. The number of hydrogen-bond donors (Lipinski definition) is 1. The molecule has 1 rings (SSSR count). The molecular weight excluding hydrogens is 284 g/mol. The van der Waals surface area contributed by atoms with E-state index in [2.05, 4.69) is 5.32 Å². The average Bonchev–Trinajstić information content (AvgIpc) is 2.81. The van der Waals surface area contributed by atoms with Crippen LogP contribution >= 0.6 is 0 Å². The number of amides is 1. The number of carbonyl (C=O) groups excluding carboxylic acids is 1. The summed E-state index contributed by atoms with van der Waals surface area (Å²) in [5.41, 5.74) is -0.498. The molecule has 0 aliphatic carbocycles. The molecule has 22 heavy (non-hydrogen) atoms. The first-order valence-electron chi connectivity index (χ1n) is 7.54. The van der Waals surface area contributed by atoms with E-state index in [0.29, 0.717) is 32.8 Å². The molecule has 0 aliphatic rings. The monoisotopic (exact) mass is 312 g/mol. The lowest BCUT2D eigenvalue weighted by Gasteiger charge is -2.27. The normalized spacial score (nSPS) is 11.5. The summed E-state index contributed by atoms with van der Waals surface area (Å²) in [6, 6.07) is 3.88. The van der Waals surface area contributed by atoms with E-state index in [9.17, 15) is 4.79 Å². The zero-order valence-electron chi connectivity index (χ0n) is 14.3. The van der Waals surface area contributed by atoms with Crippen LogP contribution in [0.4, 0.5) is 4.79 Å². The summed E-state index contributed by atoms with van der Waals surface area (Å²) >= 11 is 0. The fourth-order valence-corrected chi connectivity index (χ4v) is 1.83. The lowest BCUT2D eigenvalue weighted by Crippen LogP contribution is -2.42. The van der Waals surface area contributed by atoms with Crippen LogP contribution in [0, 0.1) is 6.92 Å². The molecule has 0 bridgehead atoms. The molecule has 0 saturated heterocycles. The first kappa shape index (κ1) is 18.5. The van der Waals surface area contributed by atoms with Crippen molar-refractivity contribution >= 4 is 6.09 Å². The number of aryl methyl sites for hydroxylation is 1. The summed E-state index contributed by atoms with van der Waals surface area (Å²) in [6.07, 6.45) is -0.319. The highest BCUT2D eigenvalue weighted by Gasteiger charge is 2.21. The van der Waals surface area contributed by atoms with Crippen LogP contribution in [0.15, 0.2) is 16.5 Å². The quantitative estimate of drug-likeness (QED) is 0.747. The molecule has 0 spiro atoms. The molecule has 0 saturated carbocycles. The van der Waals surface area contributed by atoms with Gasteiger partial charge in [-0.05, 0) is 39.8 Å². The van der Waals surface area contributed by atoms with Crippen LogP contribution in [-0.4, -0.2) is 49.9 Å². The second kappa shape index (κ2) is 8.80. The first-order chi connectivity index (χ1) is 10.3. The van der Waals surface area contributed by atoms with E-state index in [0.717, 1.165) is 11.5 Å². The minimum atomic E-state index is -0.498. The maximum atomic E-state index is 12.1. The molecule has 0 fully saturated rings. The van der Waals surface area contributed by atoms with Crippen molar-refractivity contribution in [2.24, 2.45) is 0 Å². The largest absolute Gasteiger partial charge is 0.465 e. The average molecular weight is 312 g/mol. The third-order valence-corrected chi connectivity index (χ3v) is 2.87. The van der Waals surface area contributed by atoms with Crippen LogP contribution in [0.5, 0.6) is 0 Å². The minimum Gasteiger partial charge on any atom is -0.465 e. The molecule has 1 aromatic rings. The molecule has 6 nitrogen and oxygen atoms in total. The van der Waals surface area contributed by atoms with Gasteiger partial charge in [0, 0.05) is 26.7 Å². The van der Waals surface area contributed by atoms with E-state index in [1.165, 1.54) is 0 Å². The van der Waals surface area contributed by atoms with Crippen LogP contribution in [0.1, 0.15) is 32.3 Å². The van der Waals surface area contributed by atoms with Gasteiger partial charge in [-0.25, -0.2) is 4.79 Å². The molecule has 0 unspecified atom stereocenters. The zero-order valence-corrected chi connectivity index (χ0v) is 14.3. The van der Waals surface area contributed by atoms with Crippen LogP contribution in [-0.2, 0) is 16.0 Å². The zero-order chi connectivity index (χ0) is 16.6. The van der Waals surface area contributed by atoms with Gasteiger partial charge < -0.3 is 24.1 Å². The fourth-order valence-electron chi connectivity index (χ4n) is 1.83. The smallest absolute Gasteiger partial charge is 0.410 e. The predicted octanol–water partition coefficient (Wildman–Crippen LogP) is 2.56. The van der Waals surface area contributed by atoms with Crippen molar-refractivity contribution in [1.82, 2.24) is 10.2 Å². The maximum absolute atomic E-state index is 12.1. The van der Waals surface area contributed by atoms with E-state index < -0.39 is 5.60 Å². The molecule has 0 atom stereocenters. The molecule has 1 N–H and O–H groups in total. The van der Waals surface area contributed by atoms with E-state index in [1.807, 2.05) is 39.8 Å². The number of nitrogens with one attached hydrogen (secondary N) is 1. The fraction of sp³-hybridized carbons (Fsp3) is 0.688. The lowest BCUT2D eigenvalue weighted by molar-refractivity contribution is 0.0204. The molecule has 1 heterocycles. The third kappa shape index (κ3) is 7.47. The summed E-state index contributed by atoms with van der Waals surface area (Å²) in [7, 11) is 1.62. The number of methoxy groups -OCH3 is 1. The third-order valence-electron chi connectivity index (χ3n) is 2.87. The molecule has 1 amide bonds. The van der Waals surface area contributed by atoms with Gasteiger partial charge in [0.15, 0.2) is 0 Å². The number of carbonyl (C=O) groups is 1. The van der Waals surface area contributed by atoms with Crippen molar-refractivity contribution in [2.45, 2.75) is 39.8 Å².